The highest BCUT2D eigenvalue weighted by Crippen LogP contribution is 2.31. The minimum atomic E-state index is -0.969. The summed E-state index contributed by atoms with van der Waals surface area (Å²) >= 11 is 0. The largest absolute Gasteiger partial charge is 0.488 e. The zero-order valence-electron chi connectivity index (χ0n) is 12.7. The molecule has 4 heteroatoms. The molecule has 23 heavy (non-hydrogen) atoms. The van der Waals surface area contributed by atoms with Crippen molar-refractivity contribution in [3.63, 3.8) is 0 Å². The molecule has 116 valence electrons. The highest BCUT2D eigenvalue weighted by atomic mass is 16.5. The summed E-state index contributed by atoms with van der Waals surface area (Å²) in [7, 11) is 0. The van der Waals surface area contributed by atoms with Crippen LogP contribution in [0.15, 0.2) is 60.7 Å². The van der Waals surface area contributed by atoms with E-state index in [2.05, 4.69) is 4.98 Å². The average Bonchev–Trinajstić information content (AvgIpc) is 3.00. The number of aromatic carboxylic acids is 1. The fourth-order valence-electron chi connectivity index (χ4n) is 2.39. The molecule has 0 aliphatic carbocycles. The molecule has 0 saturated carbocycles. The van der Waals surface area contributed by atoms with Gasteiger partial charge in [0.1, 0.15) is 12.4 Å². The molecule has 0 amide bonds. The Morgan fingerprint density at radius 1 is 1.09 bits per heavy atom. The van der Waals surface area contributed by atoms with Crippen LogP contribution in [-0.2, 0) is 6.61 Å². The maximum Gasteiger partial charge on any atom is 0.335 e. The van der Waals surface area contributed by atoms with Gasteiger partial charge in [0.05, 0.1) is 5.56 Å². The van der Waals surface area contributed by atoms with Crippen molar-refractivity contribution < 1.29 is 14.6 Å². The van der Waals surface area contributed by atoms with Crippen molar-refractivity contribution >= 4 is 5.97 Å². The van der Waals surface area contributed by atoms with Crippen LogP contribution in [0.4, 0.5) is 0 Å². The lowest BCUT2D eigenvalue weighted by molar-refractivity contribution is 0.0696. The number of aryl methyl sites for hydroxylation is 1. The van der Waals surface area contributed by atoms with Crippen LogP contribution in [0, 0.1) is 6.92 Å². The number of benzene rings is 2. The van der Waals surface area contributed by atoms with Crippen LogP contribution in [0.3, 0.4) is 0 Å². The Hall–Kier alpha value is -3.01. The van der Waals surface area contributed by atoms with Gasteiger partial charge in [0.25, 0.3) is 0 Å². The molecule has 0 atom stereocenters. The minimum absolute atomic E-state index is 0.208. The molecule has 0 aliphatic heterocycles. The fourth-order valence-corrected chi connectivity index (χ4v) is 2.39. The molecule has 1 heterocycles. The molecule has 0 fully saturated rings. The number of nitrogens with one attached hydrogen (secondary N) is 1. The molecule has 2 N–H and O–H groups in total. The Labute approximate surface area is 134 Å². The van der Waals surface area contributed by atoms with E-state index in [0.29, 0.717) is 12.4 Å². The Morgan fingerprint density at radius 3 is 2.52 bits per heavy atom. The Kier molecular flexibility index (Phi) is 4.15. The van der Waals surface area contributed by atoms with E-state index in [-0.39, 0.29) is 5.56 Å². The zero-order valence-corrected chi connectivity index (χ0v) is 12.7. The highest BCUT2D eigenvalue weighted by molar-refractivity contribution is 5.89. The quantitative estimate of drug-likeness (QED) is 0.740. The van der Waals surface area contributed by atoms with Crippen molar-refractivity contribution in [1.29, 1.82) is 0 Å². The zero-order chi connectivity index (χ0) is 16.2. The smallest absolute Gasteiger partial charge is 0.335 e. The SMILES string of the molecule is Cc1ccc(-c2ccc(C(=O)O)cc2OCc2ccccc2)[nH]1. The van der Waals surface area contributed by atoms with Crippen molar-refractivity contribution in [3.8, 4) is 17.0 Å². The molecule has 0 spiro atoms. The van der Waals surface area contributed by atoms with E-state index < -0.39 is 5.97 Å². The van der Waals surface area contributed by atoms with Crippen LogP contribution >= 0.6 is 0 Å². The van der Waals surface area contributed by atoms with Crippen molar-refractivity contribution in [1.82, 2.24) is 4.98 Å². The van der Waals surface area contributed by atoms with E-state index in [1.165, 1.54) is 0 Å². The van der Waals surface area contributed by atoms with E-state index in [0.717, 1.165) is 22.5 Å². The van der Waals surface area contributed by atoms with Crippen LogP contribution in [0.25, 0.3) is 11.3 Å². The maximum atomic E-state index is 11.2. The first-order valence-corrected chi connectivity index (χ1v) is 7.33. The van der Waals surface area contributed by atoms with E-state index in [1.54, 1.807) is 18.2 Å². The average molecular weight is 307 g/mol. The minimum Gasteiger partial charge on any atom is -0.488 e. The molecule has 1 aromatic heterocycles. The lowest BCUT2D eigenvalue weighted by atomic mass is 10.1. The second kappa shape index (κ2) is 6.40. The number of aromatic amines is 1. The molecule has 0 unspecified atom stereocenters. The van der Waals surface area contributed by atoms with Crippen LogP contribution in [0.5, 0.6) is 5.75 Å². The predicted molar refractivity (Wildman–Crippen MR) is 88.7 cm³/mol. The summed E-state index contributed by atoms with van der Waals surface area (Å²) in [4.78, 5) is 14.5. The lowest BCUT2D eigenvalue weighted by Gasteiger charge is -2.12. The van der Waals surface area contributed by atoms with E-state index in [1.807, 2.05) is 49.4 Å². The van der Waals surface area contributed by atoms with Gasteiger partial charge in [-0.2, -0.15) is 0 Å². The molecule has 3 rings (SSSR count). The number of hydrogen-bond acceptors (Lipinski definition) is 2. The molecular formula is C19H17NO3. The Bertz CT molecular complexity index is 822. The standard InChI is InChI=1S/C19H17NO3/c1-13-7-10-17(20-13)16-9-8-15(19(21)22)11-18(16)23-12-14-5-3-2-4-6-14/h2-11,20H,12H2,1H3,(H,21,22). The van der Waals surface area contributed by atoms with Crippen LogP contribution in [-0.4, -0.2) is 16.1 Å². The van der Waals surface area contributed by atoms with Gasteiger partial charge in [0, 0.05) is 17.0 Å². The van der Waals surface area contributed by atoms with E-state index >= 15 is 0 Å². The monoisotopic (exact) mass is 307 g/mol. The summed E-state index contributed by atoms with van der Waals surface area (Å²) in [5.41, 5.74) is 4.03. The lowest BCUT2D eigenvalue weighted by Crippen LogP contribution is -2.01. The summed E-state index contributed by atoms with van der Waals surface area (Å²) in [6, 6.07) is 18.6. The summed E-state index contributed by atoms with van der Waals surface area (Å²) in [6.07, 6.45) is 0. The van der Waals surface area contributed by atoms with Gasteiger partial charge in [-0.15, -0.1) is 0 Å². The van der Waals surface area contributed by atoms with Crippen LogP contribution in [0.1, 0.15) is 21.6 Å². The maximum absolute atomic E-state index is 11.2. The first kappa shape index (κ1) is 14.9. The first-order chi connectivity index (χ1) is 11.1. The second-order valence-corrected chi connectivity index (χ2v) is 5.35. The fraction of sp³-hybridized carbons (Fsp3) is 0.105. The van der Waals surface area contributed by atoms with Gasteiger partial charge in [-0.3, -0.25) is 0 Å². The molecule has 2 aromatic carbocycles. The third-order valence-electron chi connectivity index (χ3n) is 3.59. The van der Waals surface area contributed by atoms with Gasteiger partial charge < -0.3 is 14.8 Å². The number of ether oxygens (including phenoxy) is 1. The predicted octanol–water partition coefficient (Wildman–Crippen LogP) is 4.27. The third kappa shape index (κ3) is 3.43. The number of H-pyrrole nitrogens is 1. The molecule has 3 aromatic rings. The van der Waals surface area contributed by atoms with Gasteiger partial charge in [-0.25, -0.2) is 4.79 Å². The molecular weight excluding hydrogens is 290 g/mol. The number of carboxylic acid groups (broad SMARTS) is 1. The number of rotatable bonds is 5. The van der Waals surface area contributed by atoms with Gasteiger partial charge in [0.15, 0.2) is 0 Å². The van der Waals surface area contributed by atoms with Crippen LogP contribution in [0.2, 0.25) is 0 Å². The van der Waals surface area contributed by atoms with Crippen molar-refractivity contribution in [3.05, 3.63) is 77.5 Å². The molecule has 0 aliphatic rings. The van der Waals surface area contributed by atoms with Gasteiger partial charge >= 0.3 is 5.97 Å². The third-order valence-corrected chi connectivity index (χ3v) is 3.59. The number of aromatic nitrogens is 1. The Balaban J connectivity index is 1.94. The normalized spacial score (nSPS) is 10.5. The van der Waals surface area contributed by atoms with Crippen LogP contribution < -0.4 is 4.74 Å². The van der Waals surface area contributed by atoms with Crippen molar-refractivity contribution in [2.45, 2.75) is 13.5 Å². The van der Waals surface area contributed by atoms with Crippen molar-refractivity contribution in [2.75, 3.05) is 0 Å². The topological polar surface area (TPSA) is 62.3 Å². The number of carboxylic acids is 1. The second-order valence-electron chi connectivity index (χ2n) is 5.35. The summed E-state index contributed by atoms with van der Waals surface area (Å²) < 4.78 is 5.89. The number of hydrogen-bond donors (Lipinski definition) is 2. The van der Waals surface area contributed by atoms with Crippen molar-refractivity contribution in [2.24, 2.45) is 0 Å². The van der Waals surface area contributed by atoms with Gasteiger partial charge in [-0.05, 0) is 42.8 Å². The summed E-state index contributed by atoms with van der Waals surface area (Å²) in [6.45, 7) is 2.36. The van der Waals surface area contributed by atoms with E-state index in [9.17, 15) is 9.90 Å². The number of carbonyl (C=O) groups is 1. The molecule has 0 bridgehead atoms. The molecule has 4 nitrogen and oxygen atoms in total. The van der Waals surface area contributed by atoms with E-state index in [4.69, 9.17) is 4.74 Å². The van der Waals surface area contributed by atoms with Gasteiger partial charge in [0.2, 0.25) is 0 Å². The first-order valence-electron chi connectivity index (χ1n) is 7.33. The summed E-state index contributed by atoms with van der Waals surface area (Å²) in [5, 5.41) is 9.20. The Morgan fingerprint density at radius 2 is 1.87 bits per heavy atom. The highest BCUT2D eigenvalue weighted by Gasteiger charge is 2.12. The molecule has 0 radical (unpaired) electrons. The summed E-state index contributed by atoms with van der Waals surface area (Å²) in [5.74, 6) is -0.417. The van der Waals surface area contributed by atoms with Gasteiger partial charge in [-0.1, -0.05) is 30.3 Å². The molecule has 0 saturated heterocycles.